The molecule has 0 aliphatic carbocycles. The van der Waals surface area contributed by atoms with E-state index in [2.05, 4.69) is 20.3 Å². The van der Waals surface area contributed by atoms with E-state index in [-0.39, 0.29) is 11.8 Å². The first-order valence-corrected chi connectivity index (χ1v) is 8.53. The molecule has 1 aromatic carbocycles. The zero-order chi connectivity index (χ0) is 17.4. The summed E-state index contributed by atoms with van der Waals surface area (Å²) in [6.45, 7) is 2.56. The van der Waals surface area contributed by atoms with Crippen LogP contribution in [0.1, 0.15) is 33.2 Å². The summed E-state index contributed by atoms with van der Waals surface area (Å²) in [5.74, 6) is 0.742. The van der Waals surface area contributed by atoms with Crippen LogP contribution in [0.15, 0.2) is 42.7 Å². The first-order valence-electron chi connectivity index (χ1n) is 8.15. The second-order valence-corrected chi connectivity index (χ2v) is 6.70. The number of aromatic nitrogens is 3. The van der Waals surface area contributed by atoms with Crippen molar-refractivity contribution in [1.29, 1.82) is 0 Å². The van der Waals surface area contributed by atoms with Crippen LogP contribution in [0, 0.1) is 6.92 Å². The minimum atomic E-state index is -0.138. The Bertz CT molecular complexity index is 933. The summed E-state index contributed by atoms with van der Waals surface area (Å²) < 4.78 is 0. The molecule has 0 fully saturated rings. The Morgan fingerprint density at radius 2 is 2.00 bits per heavy atom. The molecule has 3 heterocycles. The van der Waals surface area contributed by atoms with E-state index < -0.39 is 0 Å². The molecule has 3 aromatic rings. The Hall–Kier alpha value is -2.66. The van der Waals surface area contributed by atoms with E-state index in [1.807, 2.05) is 37.3 Å². The fourth-order valence-corrected chi connectivity index (χ4v) is 3.33. The molecular weight excluding hydrogens is 336 g/mol. The van der Waals surface area contributed by atoms with Gasteiger partial charge in [0, 0.05) is 41.1 Å². The molecule has 0 radical (unpaired) electrons. The molecule has 0 spiro atoms. The van der Waals surface area contributed by atoms with Gasteiger partial charge in [-0.1, -0.05) is 23.7 Å². The van der Waals surface area contributed by atoms with E-state index in [1.165, 1.54) is 0 Å². The van der Waals surface area contributed by atoms with E-state index in [0.717, 1.165) is 22.4 Å². The Labute approximate surface area is 150 Å². The number of fused-ring (bicyclic) bond motifs is 1. The van der Waals surface area contributed by atoms with Gasteiger partial charge in [-0.2, -0.15) is 0 Å². The summed E-state index contributed by atoms with van der Waals surface area (Å²) in [4.78, 5) is 24.4. The molecule has 126 valence electrons. The quantitative estimate of drug-likeness (QED) is 0.741. The van der Waals surface area contributed by atoms with Crippen molar-refractivity contribution >= 4 is 17.5 Å². The van der Waals surface area contributed by atoms with Crippen LogP contribution < -0.4 is 5.32 Å². The smallest absolute Gasteiger partial charge is 0.271 e. The normalized spacial score (nSPS) is 16.9. The number of benzene rings is 1. The Morgan fingerprint density at radius 1 is 1.20 bits per heavy atom. The molecule has 4 rings (SSSR count). The maximum Gasteiger partial charge on any atom is 0.271 e. The largest absolute Gasteiger partial charge is 0.350 e. The maximum atomic E-state index is 12.4. The van der Waals surface area contributed by atoms with Crippen LogP contribution in [0.25, 0.3) is 11.4 Å². The third-order valence-corrected chi connectivity index (χ3v) is 4.82. The fraction of sp³-hybridized carbons (Fsp3) is 0.211. The number of carbonyl (C=O) groups excluding carboxylic acids is 1. The van der Waals surface area contributed by atoms with Gasteiger partial charge < -0.3 is 10.3 Å². The lowest BCUT2D eigenvalue weighted by Crippen LogP contribution is -2.26. The minimum Gasteiger partial charge on any atom is -0.350 e. The SMILES string of the molecule is Cc1cnccc1-c1nc2c([nH]1)C[C@@H](c1ccc(Cl)cc1)CNC2=O. The Balaban J connectivity index is 1.71. The number of carbonyl (C=O) groups is 1. The van der Waals surface area contributed by atoms with Gasteiger partial charge in [0.05, 0.1) is 0 Å². The minimum absolute atomic E-state index is 0.138. The van der Waals surface area contributed by atoms with Gasteiger partial charge in [-0.3, -0.25) is 9.78 Å². The van der Waals surface area contributed by atoms with E-state index in [9.17, 15) is 4.79 Å². The molecule has 5 nitrogen and oxygen atoms in total. The van der Waals surface area contributed by atoms with Crippen molar-refractivity contribution in [2.24, 2.45) is 0 Å². The highest BCUT2D eigenvalue weighted by molar-refractivity contribution is 6.30. The first kappa shape index (κ1) is 15.8. The molecule has 1 atom stereocenters. The Morgan fingerprint density at radius 3 is 2.76 bits per heavy atom. The Kier molecular flexibility index (Phi) is 4.01. The number of hydrogen-bond acceptors (Lipinski definition) is 3. The number of halogens is 1. The van der Waals surface area contributed by atoms with Crippen LogP contribution in [0.5, 0.6) is 0 Å². The lowest BCUT2D eigenvalue weighted by atomic mass is 9.94. The molecule has 6 heteroatoms. The van der Waals surface area contributed by atoms with Crippen LogP contribution in [-0.4, -0.2) is 27.4 Å². The molecule has 25 heavy (non-hydrogen) atoms. The number of aromatic amines is 1. The summed E-state index contributed by atoms with van der Waals surface area (Å²) in [6.07, 6.45) is 4.24. The third kappa shape index (κ3) is 3.03. The van der Waals surface area contributed by atoms with Crippen LogP contribution in [0.4, 0.5) is 0 Å². The summed E-state index contributed by atoms with van der Waals surface area (Å²) in [5, 5.41) is 3.68. The number of imidazole rings is 1. The molecule has 1 amide bonds. The monoisotopic (exact) mass is 352 g/mol. The number of nitrogens with one attached hydrogen (secondary N) is 2. The molecule has 1 aliphatic rings. The van der Waals surface area contributed by atoms with Crippen molar-refractivity contribution in [3.63, 3.8) is 0 Å². The van der Waals surface area contributed by atoms with Gasteiger partial charge in [-0.05, 0) is 42.7 Å². The van der Waals surface area contributed by atoms with Crippen molar-refractivity contribution < 1.29 is 4.79 Å². The average molecular weight is 353 g/mol. The third-order valence-electron chi connectivity index (χ3n) is 4.57. The van der Waals surface area contributed by atoms with Crippen LogP contribution >= 0.6 is 11.6 Å². The number of aryl methyl sites for hydroxylation is 1. The highest BCUT2D eigenvalue weighted by atomic mass is 35.5. The predicted molar refractivity (Wildman–Crippen MR) is 96.8 cm³/mol. The standard InChI is InChI=1S/C19H17ClN4O/c1-11-9-21-7-6-15(11)18-23-16-8-13(10-22-19(25)17(16)24-18)12-2-4-14(20)5-3-12/h2-7,9,13H,8,10H2,1H3,(H,22,25)(H,23,24)/t13-/m1/s1. The lowest BCUT2D eigenvalue weighted by Gasteiger charge is -2.14. The highest BCUT2D eigenvalue weighted by Crippen LogP contribution is 2.28. The van der Waals surface area contributed by atoms with Crippen molar-refractivity contribution in [1.82, 2.24) is 20.3 Å². The van der Waals surface area contributed by atoms with Crippen molar-refractivity contribution in [2.45, 2.75) is 19.3 Å². The van der Waals surface area contributed by atoms with E-state index in [0.29, 0.717) is 29.5 Å². The molecule has 0 saturated heterocycles. The van der Waals surface area contributed by atoms with Gasteiger partial charge >= 0.3 is 0 Å². The fourth-order valence-electron chi connectivity index (χ4n) is 3.20. The molecule has 0 bridgehead atoms. The van der Waals surface area contributed by atoms with Crippen molar-refractivity contribution in [3.8, 4) is 11.4 Å². The van der Waals surface area contributed by atoms with Crippen molar-refractivity contribution in [3.05, 3.63) is 70.3 Å². The molecule has 1 aliphatic heterocycles. The van der Waals surface area contributed by atoms with Gasteiger partial charge in [0.2, 0.25) is 0 Å². The maximum absolute atomic E-state index is 12.4. The van der Waals surface area contributed by atoms with E-state index in [1.54, 1.807) is 12.4 Å². The van der Waals surface area contributed by atoms with Crippen molar-refractivity contribution in [2.75, 3.05) is 6.54 Å². The zero-order valence-corrected chi connectivity index (χ0v) is 14.5. The predicted octanol–water partition coefficient (Wildman–Crippen LogP) is 3.50. The number of H-pyrrole nitrogens is 1. The molecule has 0 unspecified atom stereocenters. The topological polar surface area (TPSA) is 70.7 Å². The van der Waals surface area contributed by atoms with Gasteiger partial charge in [-0.25, -0.2) is 4.98 Å². The summed E-state index contributed by atoms with van der Waals surface area (Å²) in [5.41, 5.74) is 4.46. The number of nitrogens with zero attached hydrogens (tertiary/aromatic N) is 2. The number of hydrogen-bond donors (Lipinski definition) is 2. The number of pyridine rings is 1. The number of amides is 1. The van der Waals surface area contributed by atoms with Gasteiger partial charge in [0.1, 0.15) is 11.5 Å². The lowest BCUT2D eigenvalue weighted by molar-refractivity contribution is 0.0950. The molecular formula is C19H17ClN4O. The molecule has 2 aromatic heterocycles. The first-order chi connectivity index (χ1) is 12.1. The molecule has 2 N–H and O–H groups in total. The van der Waals surface area contributed by atoms with Gasteiger partial charge in [0.25, 0.3) is 5.91 Å². The number of rotatable bonds is 2. The summed E-state index contributed by atoms with van der Waals surface area (Å²) in [6, 6.07) is 9.68. The second-order valence-electron chi connectivity index (χ2n) is 6.27. The van der Waals surface area contributed by atoms with Crippen LogP contribution in [0.3, 0.4) is 0 Å². The average Bonchev–Trinajstić information content (AvgIpc) is 2.97. The van der Waals surface area contributed by atoms with E-state index in [4.69, 9.17) is 11.6 Å². The van der Waals surface area contributed by atoms with Crippen LogP contribution in [-0.2, 0) is 6.42 Å². The van der Waals surface area contributed by atoms with E-state index >= 15 is 0 Å². The zero-order valence-electron chi connectivity index (χ0n) is 13.7. The van der Waals surface area contributed by atoms with Crippen LogP contribution in [0.2, 0.25) is 5.02 Å². The van der Waals surface area contributed by atoms with Gasteiger partial charge in [-0.15, -0.1) is 0 Å². The van der Waals surface area contributed by atoms with Gasteiger partial charge in [0.15, 0.2) is 0 Å². The second kappa shape index (κ2) is 6.33. The molecule has 0 saturated carbocycles. The summed E-state index contributed by atoms with van der Waals surface area (Å²) in [7, 11) is 0. The highest BCUT2D eigenvalue weighted by Gasteiger charge is 2.26. The summed E-state index contributed by atoms with van der Waals surface area (Å²) >= 11 is 5.98.